The minimum Gasteiger partial charge on any atom is -0.508 e. The largest absolute Gasteiger partial charge is 0.508 e. The van der Waals surface area contributed by atoms with Gasteiger partial charge in [-0.2, -0.15) is 0 Å². The SMILES string of the molecule is Cc1ccc(O)c([C@H](N)CCN)c1. The van der Waals surface area contributed by atoms with Gasteiger partial charge in [0.1, 0.15) is 5.75 Å². The molecule has 3 heteroatoms. The van der Waals surface area contributed by atoms with E-state index in [1.807, 2.05) is 19.1 Å². The van der Waals surface area contributed by atoms with Crippen molar-refractivity contribution in [2.24, 2.45) is 11.5 Å². The summed E-state index contributed by atoms with van der Waals surface area (Å²) in [6, 6.07) is 5.26. The monoisotopic (exact) mass is 180 g/mol. The van der Waals surface area contributed by atoms with Crippen molar-refractivity contribution in [2.45, 2.75) is 19.4 Å². The zero-order valence-electron chi connectivity index (χ0n) is 7.83. The lowest BCUT2D eigenvalue weighted by Gasteiger charge is -2.12. The van der Waals surface area contributed by atoms with E-state index < -0.39 is 0 Å². The van der Waals surface area contributed by atoms with Crippen LogP contribution in [-0.4, -0.2) is 11.7 Å². The smallest absolute Gasteiger partial charge is 0.120 e. The first kappa shape index (κ1) is 10.0. The zero-order valence-corrected chi connectivity index (χ0v) is 7.83. The number of phenolic OH excluding ortho intramolecular Hbond substituents is 1. The Morgan fingerprint density at radius 3 is 2.77 bits per heavy atom. The maximum atomic E-state index is 9.51. The summed E-state index contributed by atoms with van der Waals surface area (Å²) in [4.78, 5) is 0. The molecular weight excluding hydrogens is 164 g/mol. The summed E-state index contributed by atoms with van der Waals surface area (Å²) in [5.41, 5.74) is 13.1. The molecule has 0 saturated carbocycles. The average Bonchev–Trinajstić information content (AvgIpc) is 2.09. The quantitative estimate of drug-likeness (QED) is 0.651. The first-order valence-electron chi connectivity index (χ1n) is 4.40. The number of nitrogens with two attached hydrogens (primary N) is 2. The topological polar surface area (TPSA) is 72.3 Å². The number of hydrogen-bond acceptors (Lipinski definition) is 3. The van der Waals surface area contributed by atoms with E-state index >= 15 is 0 Å². The van der Waals surface area contributed by atoms with Crippen LogP contribution in [0.5, 0.6) is 5.75 Å². The predicted molar refractivity (Wildman–Crippen MR) is 53.4 cm³/mol. The van der Waals surface area contributed by atoms with Crippen LogP contribution in [0.25, 0.3) is 0 Å². The van der Waals surface area contributed by atoms with Gasteiger partial charge in [-0.25, -0.2) is 0 Å². The van der Waals surface area contributed by atoms with Crippen LogP contribution in [0.15, 0.2) is 18.2 Å². The van der Waals surface area contributed by atoms with Gasteiger partial charge in [0.25, 0.3) is 0 Å². The van der Waals surface area contributed by atoms with Crippen LogP contribution in [0.3, 0.4) is 0 Å². The summed E-state index contributed by atoms with van der Waals surface area (Å²) in [6.07, 6.45) is 0.691. The molecule has 1 atom stereocenters. The Balaban J connectivity index is 2.91. The molecule has 0 bridgehead atoms. The number of benzene rings is 1. The van der Waals surface area contributed by atoms with Gasteiger partial charge in [-0.15, -0.1) is 0 Å². The highest BCUT2D eigenvalue weighted by Crippen LogP contribution is 2.25. The molecule has 13 heavy (non-hydrogen) atoms. The van der Waals surface area contributed by atoms with Crippen molar-refractivity contribution in [3.8, 4) is 5.75 Å². The van der Waals surface area contributed by atoms with Crippen molar-refractivity contribution in [1.29, 1.82) is 0 Å². The minimum atomic E-state index is -0.162. The number of hydrogen-bond donors (Lipinski definition) is 3. The maximum absolute atomic E-state index is 9.51. The summed E-state index contributed by atoms with van der Waals surface area (Å²) >= 11 is 0. The van der Waals surface area contributed by atoms with Gasteiger partial charge in [0.05, 0.1) is 0 Å². The van der Waals surface area contributed by atoms with E-state index in [0.717, 1.165) is 11.1 Å². The molecule has 5 N–H and O–H groups in total. The maximum Gasteiger partial charge on any atom is 0.120 e. The second-order valence-electron chi connectivity index (χ2n) is 3.25. The van der Waals surface area contributed by atoms with E-state index in [1.54, 1.807) is 6.07 Å². The summed E-state index contributed by atoms with van der Waals surface area (Å²) < 4.78 is 0. The van der Waals surface area contributed by atoms with Crippen molar-refractivity contribution in [1.82, 2.24) is 0 Å². The van der Waals surface area contributed by atoms with Gasteiger partial charge in [0.15, 0.2) is 0 Å². The van der Waals surface area contributed by atoms with Crippen LogP contribution in [-0.2, 0) is 0 Å². The second kappa shape index (κ2) is 4.25. The Kier molecular flexibility index (Phi) is 3.28. The van der Waals surface area contributed by atoms with E-state index in [4.69, 9.17) is 11.5 Å². The van der Waals surface area contributed by atoms with Crippen LogP contribution in [0.2, 0.25) is 0 Å². The second-order valence-corrected chi connectivity index (χ2v) is 3.25. The third kappa shape index (κ3) is 2.44. The summed E-state index contributed by atoms with van der Waals surface area (Å²) in [7, 11) is 0. The molecule has 0 amide bonds. The molecule has 0 spiro atoms. The van der Waals surface area contributed by atoms with Gasteiger partial charge in [-0.1, -0.05) is 17.7 Å². The summed E-state index contributed by atoms with van der Waals surface area (Å²) in [5.74, 6) is 0.256. The van der Waals surface area contributed by atoms with E-state index in [2.05, 4.69) is 0 Å². The van der Waals surface area contributed by atoms with Crippen molar-refractivity contribution >= 4 is 0 Å². The lowest BCUT2D eigenvalue weighted by molar-refractivity contribution is 0.459. The third-order valence-electron chi connectivity index (χ3n) is 2.06. The molecule has 1 rings (SSSR count). The molecule has 0 radical (unpaired) electrons. The molecule has 0 aliphatic carbocycles. The lowest BCUT2D eigenvalue weighted by Crippen LogP contribution is -2.15. The number of phenols is 1. The Labute approximate surface area is 78.4 Å². The van der Waals surface area contributed by atoms with E-state index in [-0.39, 0.29) is 11.8 Å². The molecule has 0 heterocycles. The van der Waals surface area contributed by atoms with Crippen LogP contribution in [0, 0.1) is 6.92 Å². The fourth-order valence-corrected chi connectivity index (χ4v) is 1.31. The average molecular weight is 180 g/mol. The summed E-state index contributed by atoms with van der Waals surface area (Å²) in [6.45, 7) is 2.51. The van der Waals surface area contributed by atoms with Gasteiger partial charge >= 0.3 is 0 Å². The molecule has 72 valence electrons. The number of aromatic hydroxyl groups is 1. The lowest BCUT2D eigenvalue weighted by atomic mass is 10.0. The van der Waals surface area contributed by atoms with Gasteiger partial charge in [-0.05, 0) is 26.0 Å². The molecule has 1 aromatic rings. The Hall–Kier alpha value is -1.06. The Bertz CT molecular complexity index is 286. The standard InChI is InChI=1S/C10H16N2O/c1-7-2-3-10(13)8(6-7)9(12)4-5-11/h2-3,6,9,13H,4-5,11-12H2,1H3/t9-/m1/s1. The van der Waals surface area contributed by atoms with Crippen molar-refractivity contribution < 1.29 is 5.11 Å². The fraction of sp³-hybridized carbons (Fsp3) is 0.400. The van der Waals surface area contributed by atoms with E-state index in [0.29, 0.717) is 13.0 Å². The van der Waals surface area contributed by atoms with Crippen molar-refractivity contribution in [2.75, 3.05) is 6.54 Å². The highest BCUT2D eigenvalue weighted by molar-refractivity contribution is 5.37. The molecule has 0 aromatic heterocycles. The van der Waals surface area contributed by atoms with Gasteiger partial charge in [-0.3, -0.25) is 0 Å². The van der Waals surface area contributed by atoms with Crippen LogP contribution >= 0.6 is 0 Å². The predicted octanol–water partition coefficient (Wildman–Crippen LogP) is 1.05. The molecule has 0 fully saturated rings. The van der Waals surface area contributed by atoms with Gasteiger partial charge in [0, 0.05) is 11.6 Å². The molecule has 0 aliphatic heterocycles. The van der Waals surface area contributed by atoms with Gasteiger partial charge < -0.3 is 16.6 Å². The first-order valence-corrected chi connectivity index (χ1v) is 4.40. The van der Waals surface area contributed by atoms with Crippen molar-refractivity contribution in [3.05, 3.63) is 29.3 Å². The highest BCUT2D eigenvalue weighted by atomic mass is 16.3. The van der Waals surface area contributed by atoms with E-state index in [1.165, 1.54) is 0 Å². The molecule has 0 aliphatic rings. The fourth-order valence-electron chi connectivity index (χ4n) is 1.31. The molecular formula is C10H16N2O. The van der Waals surface area contributed by atoms with Crippen molar-refractivity contribution in [3.63, 3.8) is 0 Å². The Morgan fingerprint density at radius 2 is 2.15 bits per heavy atom. The van der Waals surface area contributed by atoms with E-state index in [9.17, 15) is 5.11 Å². The van der Waals surface area contributed by atoms with Gasteiger partial charge in [0.2, 0.25) is 0 Å². The molecule has 0 saturated heterocycles. The molecule has 0 unspecified atom stereocenters. The third-order valence-corrected chi connectivity index (χ3v) is 2.06. The minimum absolute atomic E-state index is 0.162. The zero-order chi connectivity index (χ0) is 9.84. The van der Waals surface area contributed by atoms with Crippen LogP contribution in [0.1, 0.15) is 23.6 Å². The highest BCUT2D eigenvalue weighted by Gasteiger charge is 2.09. The van der Waals surface area contributed by atoms with Crippen LogP contribution < -0.4 is 11.5 Å². The number of rotatable bonds is 3. The number of aryl methyl sites for hydroxylation is 1. The first-order chi connectivity index (χ1) is 6.15. The van der Waals surface area contributed by atoms with Crippen LogP contribution in [0.4, 0.5) is 0 Å². The summed E-state index contributed by atoms with van der Waals surface area (Å²) in [5, 5.41) is 9.51. The molecule has 1 aromatic carbocycles. The normalized spacial score (nSPS) is 12.8. The Morgan fingerprint density at radius 1 is 1.46 bits per heavy atom. The molecule has 3 nitrogen and oxygen atoms in total.